The molecule has 0 bridgehead atoms. The first-order valence-electron chi connectivity index (χ1n) is 5.68. The topological polar surface area (TPSA) is 43.1 Å². The van der Waals surface area contributed by atoms with Gasteiger partial charge in [0.05, 0.1) is 0 Å². The maximum atomic E-state index is 11.0. The third-order valence-corrected chi connectivity index (χ3v) is 2.76. The van der Waals surface area contributed by atoms with Gasteiger partial charge in [0, 0.05) is 5.56 Å². The summed E-state index contributed by atoms with van der Waals surface area (Å²) in [5, 5.41) is 0. The van der Waals surface area contributed by atoms with Crippen LogP contribution < -0.4 is 5.73 Å². The molecule has 2 aromatic rings. The van der Waals surface area contributed by atoms with Gasteiger partial charge < -0.3 is 5.73 Å². The lowest BCUT2D eigenvalue weighted by Crippen LogP contribution is -2.11. The molecule has 0 atom stereocenters. The summed E-state index contributed by atoms with van der Waals surface area (Å²) in [6.45, 7) is 0. The number of primary amides is 1. The summed E-state index contributed by atoms with van der Waals surface area (Å²) in [5.74, 6) is -0.369. The van der Waals surface area contributed by atoms with E-state index in [4.69, 9.17) is 5.73 Å². The van der Waals surface area contributed by atoms with Gasteiger partial charge in [-0.15, -0.1) is 0 Å². The number of hydrogen-bond acceptors (Lipinski definition) is 1. The van der Waals surface area contributed by atoms with Gasteiger partial charge in [-0.05, 0) is 36.1 Å². The van der Waals surface area contributed by atoms with Crippen LogP contribution in [0, 0.1) is 0 Å². The van der Waals surface area contributed by atoms with E-state index in [-0.39, 0.29) is 5.91 Å². The minimum Gasteiger partial charge on any atom is -0.366 e. The molecule has 0 saturated heterocycles. The van der Waals surface area contributed by atoms with E-state index < -0.39 is 0 Å². The third-order valence-electron chi connectivity index (χ3n) is 2.76. The van der Waals surface area contributed by atoms with Crippen LogP contribution in [-0.4, -0.2) is 5.91 Å². The largest absolute Gasteiger partial charge is 0.366 e. The molecule has 86 valence electrons. The van der Waals surface area contributed by atoms with E-state index in [1.165, 1.54) is 5.56 Å². The quantitative estimate of drug-likeness (QED) is 0.853. The molecule has 0 aromatic heterocycles. The van der Waals surface area contributed by atoms with Crippen LogP contribution in [0.3, 0.4) is 0 Å². The predicted molar refractivity (Wildman–Crippen MR) is 68.8 cm³/mol. The monoisotopic (exact) mass is 225 g/mol. The van der Waals surface area contributed by atoms with Crippen LogP contribution >= 0.6 is 0 Å². The second kappa shape index (κ2) is 5.30. The molecule has 0 spiro atoms. The lowest BCUT2D eigenvalue weighted by molar-refractivity contribution is 0.1000. The highest BCUT2D eigenvalue weighted by Gasteiger charge is 2.01. The van der Waals surface area contributed by atoms with Crippen molar-refractivity contribution in [2.75, 3.05) is 0 Å². The fraction of sp³-hybridized carbons (Fsp3) is 0.133. The number of amides is 1. The molecule has 0 radical (unpaired) electrons. The van der Waals surface area contributed by atoms with Crippen molar-refractivity contribution in [3.63, 3.8) is 0 Å². The Bertz CT molecular complexity index is 505. The van der Waals surface area contributed by atoms with E-state index >= 15 is 0 Å². The lowest BCUT2D eigenvalue weighted by Gasteiger charge is -2.03. The van der Waals surface area contributed by atoms with Crippen LogP contribution in [0.4, 0.5) is 0 Å². The van der Waals surface area contributed by atoms with E-state index in [0.717, 1.165) is 18.4 Å². The Kier molecular flexibility index (Phi) is 3.55. The molecule has 17 heavy (non-hydrogen) atoms. The maximum Gasteiger partial charge on any atom is 0.248 e. The molecule has 0 aliphatic carbocycles. The summed E-state index contributed by atoms with van der Waals surface area (Å²) in [4.78, 5) is 11.0. The summed E-state index contributed by atoms with van der Waals surface area (Å²) < 4.78 is 0. The Morgan fingerprint density at radius 1 is 0.882 bits per heavy atom. The molecule has 0 unspecified atom stereocenters. The summed E-state index contributed by atoms with van der Waals surface area (Å²) in [7, 11) is 0. The highest BCUT2D eigenvalue weighted by atomic mass is 16.1. The fourth-order valence-electron chi connectivity index (χ4n) is 1.81. The molecule has 0 saturated carbocycles. The van der Waals surface area contributed by atoms with Gasteiger partial charge in [-0.2, -0.15) is 0 Å². The highest BCUT2D eigenvalue weighted by Crippen LogP contribution is 2.09. The second-order valence-corrected chi connectivity index (χ2v) is 4.05. The smallest absolute Gasteiger partial charge is 0.248 e. The Morgan fingerprint density at radius 3 is 2.24 bits per heavy atom. The molecule has 0 heterocycles. The van der Waals surface area contributed by atoms with Crippen molar-refractivity contribution in [2.24, 2.45) is 5.73 Å². The first-order valence-corrected chi connectivity index (χ1v) is 5.68. The predicted octanol–water partition coefficient (Wildman–Crippen LogP) is 2.57. The molecular weight excluding hydrogens is 210 g/mol. The van der Waals surface area contributed by atoms with Crippen LogP contribution in [0.25, 0.3) is 0 Å². The summed E-state index contributed by atoms with van der Waals surface area (Å²) in [6.07, 6.45) is 1.90. The van der Waals surface area contributed by atoms with Crippen LogP contribution in [0.15, 0.2) is 54.6 Å². The second-order valence-electron chi connectivity index (χ2n) is 4.05. The van der Waals surface area contributed by atoms with E-state index in [1.54, 1.807) is 6.07 Å². The summed E-state index contributed by atoms with van der Waals surface area (Å²) in [6, 6.07) is 17.8. The van der Waals surface area contributed by atoms with Gasteiger partial charge in [0.1, 0.15) is 0 Å². The van der Waals surface area contributed by atoms with Crippen molar-refractivity contribution in [2.45, 2.75) is 12.8 Å². The molecule has 2 rings (SSSR count). The van der Waals surface area contributed by atoms with Gasteiger partial charge in [-0.1, -0.05) is 42.5 Å². The van der Waals surface area contributed by atoms with Crippen molar-refractivity contribution < 1.29 is 4.79 Å². The molecule has 0 aliphatic heterocycles. The Labute approximate surface area is 101 Å². The van der Waals surface area contributed by atoms with Gasteiger partial charge in [0.15, 0.2) is 0 Å². The summed E-state index contributed by atoms with van der Waals surface area (Å²) in [5.41, 5.74) is 8.28. The Balaban J connectivity index is 2.04. The molecule has 0 aliphatic rings. The first-order chi connectivity index (χ1) is 8.25. The Hall–Kier alpha value is -2.09. The summed E-state index contributed by atoms with van der Waals surface area (Å²) >= 11 is 0. The van der Waals surface area contributed by atoms with Gasteiger partial charge in [0.25, 0.3) is 0 Å². The molecule has 2 N–H and O–H groups in total. The molecule has 2 heteroatoms. The first kappa shape index (κ1) is 11.4. The zero-order valence-corrected chi connectivity index (χ0v) is 9.60. The highest BCUT2D eigenvalue weighted by molar-refractivity contribution is 5.92. The van der Waals surface area contributed by atoms with Gasteiger partial charge in [0.2, 0.25) is 5.91 Å². The number of carbonyl (C=O) groups excluding carboxylic acids is 1. The minimum absolute atomic E-state index is 0.369. The van der Waals surface area contributed by atoms with Crippen molar-refractivity contribution in [1.29, 1.82) is 0 Å². The van der Waals surface area contributed by atoms with Crippen molar-refractivity contribution in [1.82, 2.24) is 0 Å². The van der Waals surface area contributed by atoms with Gasteiger partial charge in [-0.3, -0.25) is 4.79 Å². The third kappa shape index (κ3) is 3.18. The number of nitrogens with two attached hydrogens (primary N) is 1. The minimum atomic E-state index is -0.369. The van der Waals surface area contributed by atoms with Crippen molar-refractivity contribution in [3.05, 3.63) is 71.3 Å². The van der Waals surface area contributed by atoms with E-state index in [9.17, 15) is 4.79 Å². The SMILES string of the molecule is NC(=O)c1cccc(CCc2ccccc2)c1. The molecule has 2 nitrogen and oxygen atoms in total. The Morgan fingerprint density at radius 2 is 1.53 bits per heavy atom. The van der Waals surface area contributed by atoms with E-state index in [0.29, 0.717) is 5.56 Å². The number of aryl methyl sites for hydroxylation is 2. The van der Waals surface area contributed by atoms with E-state index in [1.807, 2.05) is 36.4 Å². The van der Waals surface area contributed by atoms with Gasteiger partial charge in [-0.25, -0.2) is 0 Å². The molecular formula is C15H15NO. The van der Waals surface area contributed by atoms with Crippen LogP contribution in [0.5, 0.6) is 0 Å². The fourth-order valence-corrected chi connectivity index (χ4v) is 1.81. The van der Waals surface area contributed by atoms with Crippen LogP contribution in [0.1, 0.15) is 21.5 Å². The normalized spacial score (nSPS) is 10.1. The van der Waals surface area contributed by atoms with E-state index in [2.05, 4.69) is 12.1 Å². The van der Waals surface area contributed by atoms with Crippen LogP contribution in [0.2, 0.25) is 0 Å². The van der Waals surface area contributed by atoms with Crippen molar-refractivity contribution >= 4 is 5.91 Å². The van der Waals surface area contributed by atoms with Gasteiger partial charge >= 0.3 is 0 Å². The van der Waals surface area contributed by atoms with Crippen LogP contribution in [-0.2, 0) is 12.8 Å². The average Bonchev–Trinajstić information content (AvgIpc) is 2.38. The molecule has 2 aromatic carbocycles. The number of carbonyl (C=O) groups is 1. The zero-order valence-electron chi connectivity index (χ0n) is 9.60. The van der Waals surface area contributed by atoms with Crippen molar-refractivity contribution in [3.8, 4) is 0 Å². The maximum absolute atomic E-state index is 11.0. The number of benzene rings is 2. The lowest BCUT2D eigenvalue weighted by atomic mass is 10.0. The molecule has 0 fully saturated rings. The zero-order chi connectivity index (χ0) is 12.1. The standard InChI is InChI=1S/C15H15NO/c16-15(17)14-8-4-7-13(11-14)10-9-12-5-2-1-3-6-12/h1-8,11H,9-10H2,(H2,16,17). The average molecular weight is 225 g/mol. The number of rotatable bonds is 4. The number of hydrogen-bond donors (Lipinski definition) is 1. The molecule has 1 amide bonds.